The van der Waals surface area contributed by atoms with Crippen LogP contribution in [0.15, 0.2) is 42.6 Å². The molecule has 0 saturated carbocycles. The maximum absolute atomic E-state index is 12.0. The van der Waals surface area contributed by atoms with Crippen LogP contribution in [0.3, 0.4) is 0 Å². The Morgan fingerprint density at radius 1 is 1.33 bits per heavy atom. The van der Waals surface area contributed by atoms with Crippen LogP contribution >= 0.6 is 11.6 Å². The molecule has 4 nitrogen and oxygen atoms in total. The number of hydrogen-bond acceptors (Lipinski definition) is 3. The number of anilines is 1. The summed E-state index contributed by atoms with van der Waals surface area (Å²) in [6.45, 7) is 2.04. The van der Waals surface area contributed by atoms with Crippen LogP contribution in [0.25, 0.3) is 0 Å². The van der Waals surface area contributed by atoms with Gasteiger partial charge in [0.05, 0.1) is 0 Å². The van der Waals surface area contributed by atoms with Crippen LogP contribution in [0, 0.1) is 5.41 Å². The molecule has 0 fully saturated rings. The zero-order valence-corrected chi connectivity index (χ0v) is 12.4. The second kappa shape index (κ2) is 6.99. The Bertz CT molecular complexity index is 623. The summed E-state index contributed by atoms with van der Waals surface area (Å²) in [5.41, 5.74) is 1.57. The number of aromatic nitrogens is 1. The number of carbonyl (C=O) groups is 1. The molecule has 1 unspecified atom stereocenters. The summed E-state index contributed by atoms with van der Waals surface area (Å²) < 4.78 is 0. The number of nitrogens with one attached hydrogen (secondary N) is 2. The van der Waals surface area contributed by atoms with Gasteiger partial charge in [0.2, 0.25) is 0 Å². The molecule has 1 heterocycles. The molecular weight excluding hydrogens is 286 g/mol. The van der Waals surface area contributed by atoms with Crippen molar-refractivity contribution in [1.82, 2.24) is 4.98 Å². The Labute approximate surface area is 128 Å². The molecule has 21 heavy (non-hydrogen) atoms. The topological polar surface area (TPSA) is 65.8 Å². The highest BCUT2D eigenvalue weighted by Crippen LogP contribution is 2.18. The minimum atomic E-state index is -0.223. The third-order valence-electron chi connectivity index (χ3n) is 3.17. The van der Waals surface area contributed by atoms with Crippen molar-refractivity contribution in [2.45, 2.75) is 19.3 Å². The summed E-state index contributed by atoms with van der Waals surface area (Å²) in [6, 6.07) is 10.4. The van der Waals surface area contributed by atoms with E-state index in [0.29, 0.717) is 22.8 Å². The average Bonchev–Trinajstić information content (AvgIpc) is 2.49. The van der Waals surface area contributed by atoms with Crippen molar-refractivity contribution in [2.75, 3.05) is 5.32 Å². The van der Waals surface area contributed by atoms with Gasteiger partial charge in [0.1, 0.15) is 5.82 Å². The lowest BCUT2D eigenvalue weighted by Gasteiger charge is -2.09. The van der Waals surface area contributed by atoms with Crippen molar-refractivity contribution >= 4 is 29.5 Å². The number of benzene rings is 1. The first-order valence-electron chi connectivity index (χ1n) is 6.62. The monoisotopic (exact) mass is 301 g/mol. The Morgan fingerprint density at radius 3 is 2.62 bits per heavy atom. The van der Waals surface area contributed by atoms with E-state index in [-0.39, 0.29) is 11.8 Å². The first kappa shape index (κ1) is 15.2. The van der Waals surface area contributed by atoms with E-state index < -0.39 is 0 Å². The standard InChI is InChI=1S/C16H16ClN3O/c1-11(8-9-18)13-4-7-15(19-10-13)20-16(21)12-2-5-14(17)6-3-12/h2-7,9-11,18H,8H2,1H3,(H,19,20,21). The van der Waals surface area contributed by atoms with E-state index >= 15 is 0 Å². The molecule has 2 aromatic rings. The van der Waals surface area contributed by atoms with Crippen molar-refractivity contribution in [3.63, 3.8) is 0 Å². The smallest absolute Gasteiger partial charge is 0.256 e. The molecule has 2 N–H and O–H groups in total. The van der Waals surface area contributed by atoms with Gasteiger partial charge in [0.15, 0.2) is 0 Å². The van der Waals surface area contributed by atoms with E-state index in [2.05, 4.69) is 10.3 Å². The fraction of sp³-hybridized carbons (Fsp3) is 0.188. The number of pyridine rings is 1. The fourth-order valence-electron chi connectivity index (χ4n) is 1.87. The van der Waals surface area contributed by atoms with Gasteiger partial charge in [-0.1, -0.05) is 24.6 Å². The molecule has 0 saturated heterocycles. The van der Waals surface area contributed by atoms with Crippen LogP contribution in [0.1, 0.15) is 35.2 Å². The van der Waals surface area contributed by atoms with Crippen molar-refractivity contribution in [1.29, 1.82) is 5.41 Å². The predicted molar refractivity (Wildman–Crippen MR) is 85.5 cm³/mol. The van der Waals surface area contributed by atoms with Gasteiger partial charge >= 0.3 is 0 Å². The van der Waals surface area contributed by atoms with Crippen LogP contribution < -0.4 is 5.32 Å². The van der Waals surface area contributed by atoms with Gasteiger partial charge in [0.25, 0.3) is 5.91 Å². The molecule has 0 radical (unpaired) electrons. The Kier molecular flexibility index (Phi) is 5.06. The minimum absolute atomic E-state index is 0.223. The van der Waals surface area contributed by atoms with E-state index in [1.165, 1.54) is 6.21 Å². The summed E-state index contributed by atoms with van der Waals surface area (Å²) in [6.07, 6.45) is 3.80. The zero-order valence-electron chi connectivity index (χ0n) is 11.6. The highest BCUT2D eigenvalue weighted by Gasteiger charge is 2.08. The number of hydrogen-bond donors (Lipinski definition) is 2. The SMILES string of the molecule is CC(CC=N)c1ccc(NC(=O)c2ccc(Cl)cc2)nc1. The Balaban J connectivity index is 2.04. The van der Waals surface area contributed by atoms with Crippen LogP contribution in [0.5, 0.6) is 0 Å². The molecule has 1 atom stereocenters. The van der Waals surface area contributed by atoms with Crippen molar-refractivity contribution < 1.29 is 4.79 Å². The number of carbonyl (C=O) groups excluding carboxylic acids is 1. The van der Waals surface area contributed by atoms with Crippen molar-refractivity contribution in [3.8, 4) is 0 Å². The summed E-state index contributed by atoms with van der Waals surface area (Å²) >= 11 is 5.79. The second-order valence-electron chi connectivity index (χ2n) is 4.78. The maximum Gasteiger partial charge on any atom is 0.256 e. The molecule has 0 aliphatic carbocycles. The average molecular weight is 302 g/mol. The Hall–Kier alpha value is -2.20. The molecule has 1 aromatic heterocycles. The number of amides is 1. The number of rotatable bonds is 5. The highest BCUT2D eigenvalue weighted by molar-refractivity contribution is 6.30. The van der Waals surface area contributed by atoms with Gasteiger partial charge in [-0.05, 0) is 54.4 Å². The van der Waals surface area contributed by atoms with E-state index in [1.807, 2.05) is 13.0 Å². The van der Waals surface area contributed by atoms with Crippen LogP contribution in [-0.4, -0.2) is 17.1 Å². The molecule has 1 amide bonds. The molecule has 108 valence electrons. The summed E-state index contributed by atoms with van der Waals surface area (Å²) in [7, 11) is 0. The second-order valence-corrected chi connectivity index (χ2v) is 5.22. The van der Waals surface area contributed by atoms with E-state index in [4.69, 9.17) is 17.0 Å². The molecule has 0 aliphatic rings. The van der Waals surface area contributed by atoms with E-state index in [1.54, 1.807) is 36.5 Å². The predicted octanol–water partition coefficient (Wildman–Crippen LogP) is 4.13. The van der Waals surface area contributed by atoms with Crippen molar-refractivity contribution in [3.05, 3.63) is 58.7 Å². The van der Waals surface area contributed by atoms with E-state index in [9.17, 15) is 4.79 Å². The minimum Gasteiger partial charge on any atom is -0.313 e. The van der Waals surface area contributed by atoms with Gasteiger partial charge in [0, 0.05) is 16.8 Å². The quantitative estimate of drug-likeness (QED) is 0.815. The van der Waals surface area contributed by atoms with E-state index in [0.717, 1.165) is 5.56 Å². The lowest BCUT2D eigenvalue weighted by atomic mass is 10.0. The first-order chi connectivity index (χ1) is 10.1. The van der Waals surface area contributed by atoms with Crippen LogP contribution in [-0.2, 0) is 0 Å². The van der Waals surface area contributed by atoms with Crippen molar-refractivity contribution in [2.24, 2.45) is 0 Å². The number of nitrogens with zero attached hydrogens (tertiary/aromatic N) is 1. The maximum atomic E-state index is 12.0. The van der Waals surface area contributed by atoms with Crippen LogP contribution in [0.2, 0.25) is 5.02 Å². The molecule has 1 aromatic carbocycles. The normalized spacial score (nSPS) is 11.7. The third kappa shape index (κ3) is 4.13. The largest absolute Gasteiger partial charge is 0.313 e. The van der Waals surface area contributed by atoms with Gasteiger partial charge in [-0.3, -0.25) is 4.79 Å². The van der Waals surface area contributed by atoms with Gasteiger partial charge in [-0.2, -0.15) is 0 Å². The fourth-order valence-corrected chi connectivity index (χ4v) is 2.00. The molecular formula is C16H16ClN3O. The zero-order chi connectivity index (χ0) is 15.2. The third-order valence-corrected chi connectivity index (χ3v) is 3.43. The van der Waals surface area contributed by atoms with Crippen LogP contribution in [0.4, 0.5) is 5.82 Å². The lowest BCUT2D eigenvalue weighted by Crippen LogP contribution is -2.12. The highest BCUT2D eigenvalue weighted by atomic mass is 35.5. The summed E-state index contributed by atoms with van der Waals surface area (Å²) in [4.78, 5) is 16.3. The molecule has 2 rings (SSSR count). The van der Waals surface area contributed by atoms with Gasteiger partial charge in [-0.15, -0.1) is 0 Å². The summed E-state index contributed by atoms with van der Waals surface area (Å²) in [5, 5.41) is 10.4. The molecule has 0 spiro atoms. The lowest BCUT2D eigenvalue weighted by molar-refractivity contribution is 0.102. The first-order valence-corrected chi connectivity index (χ1v) is 6.99. The Morgan fingerprint density at radius 2 is 2.05 bits per heavy atom. The van der Waals surface area contributed by atoms with Gasteiger partial charge in [-0.25, -0.2) is 4.98 Å². The molecule has 0 aliphatic heterocycles. The van der Waals surface area contributed by atoms with Gasteiger partial charge < -0.3 is 10.7 Å². The number of halogens is 1. The molecule has 5 heteroatoms. The molecule has 0 bridgehead atoms. The summed E-state index contributed by atoms with van der Waals surface area (Å²) in [5.74, 6) is 0.524.